The van der Waals surface area contributed by atoms with Gasteiger partial charge in [0.1, 0.15) is 18.7 Å². The summed E-state index contributed by atoms with van der Waals surface area (Å²) in [4.78, 5) is 15.5. The van der Waals surface area contributed by atoms with Crippen LogP contribution in [0.5, 0.6) is 5.75 Å². The van der Waals surface area contributed by atoms with Crippen molar-refractivity contribution in [2.45, 2.75) is 45.6 Å². The molecule has 0 bridgehead atoms. The topological polar surface area (TPSA) is 76.7 Å². The smallest absolute Gasteiger partial charge is 0.304 e. The first-order chi connectivity index (χ1) is 16.4. The molecule has 2 aromatic carbocycles. The Hall–Kier alpha value is -4.11. The summed E-state index contributed by atoms with van der Waals surface area (Å²) in [5, 5.41) is 13.5. The number of fused-ring (bicyclic) bond motifs is 1. The Balaban J connectivity index is 1.54. The first kappa shape index (κ1) is 23.1. The second-order valence-electron chi connectivity index (χ2n) is 8.46. The van der Waals surface area contributed by atoms with Crippen molar-refractivity contribution in [3.05, 3.63) is 83.8 Å². The number of carbonyl (C=O) groups is 1. The van der Waals surface area contributed by atoms with Gasteiger partial charge in [-0.1, -0.05) is 56.2 Å². The van der Waals surface area contributed by atoms with Crippen LogP contribution in [0.4, 0.5) is 0 Å². The van der Waals surface area contributed by atoms with Crippen molar-refractivity contribution in [3.8, 4) is 28.7 Å². The highest BCUT2D eigenvalue weighted by Crippen LogP contribution is 2.26. The number of benzene rings is 2. The maximum absolute atomic E-state index is 11.1. The van der Waals surface area contributed by atoms with Crippen LogP contribution < -0.4 is 4.74 Å². The number of nitrogens with zero attached hydrogens (tertiary/aromatic N) is 3. The average Bonchev–Trinajstić information content (AvgIpc) is 3.31. The first-order valence-electron chi connectivity index (χ1n) is 11.2. The fourth-order valence-electron chi connectivity index (χ4n) is 3.88. The summed E-state index contributed by atoms with van der Waals surface area (Å²) in [6.45, 7) is 6.40. The monoisotopic (exact) mass is 453 g/mol. The van der Waals surface area contributed by atoms with E-state index in [1.165, 1.54) is 11.9 Å². The van der Waals surface area contributed by atoms with Crippen molar-refractivity contribution in [3.63, 3.8) is 0 Å². The van der Waals surface area contributed by atoms with E-state index in [1.807, 2.05) is 30.5 Å². The van der Waals surface area contributed by atoms with Crippen LogP contribution in [-0.4, -0.2) is 25.7 Å². The van der Waals surface area contributed by atoms with E-state index < -0.39 is 5.97 Å². The normalized spacial score (nSPS) is 11.8. The molecule has 2 aromatic heterocycles. The van der Waals surface area contributed by atoms with Crippen molar-refractivity contribution < 1.29 is 14.6 Å². The van der Waals surface area contributed by atoms with E-state index in [9.17, 15) is 4.79 Å². The Labute approximate surface area is 199 Å². The second kappa shape index (κ2) is 10.2. The third-order valence-corrected chi connectivity index (χ3v) is 5.74. The van der Waals surface area contributed by atoms with Gasteiger partial charge in [-0.05, 0) is 47.7 Å². The maximum Gasteiger partial charge on any atom is 0.304 e. The number of hydrogen-bond acceptors (Lipinski definition) is 4. The third kappa shape index (κ3) is 5.26. The highest BCUT2D eigenvalue weighted by molar-refractivity contribution is 5.69. The van der Waals surface area contributed by atoms with Gasteiger partial charge in [0.15, 0.2) is 5.65 Å². The van der Waals surface area contributed by atoms with E-state index in [4.69, 9.17) is 9.84 Å². The molecule has 1 atom stereocenters. The van der Waals surface area contributed by atoms with Crippen LogP contribution in [0.2, 0.25) is 0 Å². The van der Waals surface area contributed by atoms with E-state index in [0.29, 0.717) is 18.3 Å². The number of ether oxygens (including phenoxy) is 1. The van der Waals surface area contributed by atoms with Crippen LogP contribution in [0.15, 0.2) is 67.1 Å². The molecule has 0 radical (unpaired) electrons. The molecule has 6 nitrogen and oxygen atoms in total. The zero-order valence-electron chi connectivity index (χ0n) is 19.5. The SMILES string of the molecule is CC#C[C@@H](CC(=O)O)c1ccc(OCc2cc(-c3ccc(C(C)C)cc3)cn3ncnc23)cc1. The molecule has 6 heteroatoms. The molecular weight excluding hydrogens is 426 g/mol. The van der Waals surface area contributed by atoms with Crippen LogP contribution in [0.3, 0.4) is 0 Å². The number of aromatic nitrogens is 3. The number of carboxylic acids is 1. The van der Waals surface area contributed by atoms with Gasteiger partial charge in [-0.25, -0.2) is 9.50 Å². The van der Waals surface area contributed by atoms with Crippen molar-refractivity contribution in [2.24, 2.45) is 0 Å². The number of pyridine rings is 1. The first-order valence-corrected chi connectivity index (χ1v) is 11.2. The lowest BCUT2D eigenvalue weighted by Gasteiger charge is -2.12. The van der Waals surface area contributed by atoms with E-state index in [2.05, 4.69) is 66.1 Å². The standard InChI is InChI=1S/C28H27N3O3/c1-4-5-23(15-27(32)33)21-10-12-26(13-11-21)34-17-25-14-24(16-31-28(25)29-18-30-31)22-8-6-20(7-9-22)19(2)3/h6-14,16,18-19,23H,15,17H2,1-3H3,(H,32,33)/t23-/m0/s1. The fourth-order valence-corrected chi connectivity index (χ4v) is 3.88. The van der Waals surface area contributed by atoms with E-state index >= 15 is 0 Å². The van der Waals surface area contributed by atoms with Crippen LogP contribution in [-0.2, 0) is 11.4 Å². The van der Waals surface area contributed by atoms with Crippen LogP contribution >= 0.6 is 0 Å². The molecule has 0 fully saturated rings. The Morgan fingerprint density at radius 1 is 1.06 bits per heavy atom. The van der Waals surface area contributed by atoms with Gasteiger partial charge in [0.25, 0.3) is 0 Å². The van der Waals surface area contributed by atoms with E-state index in [-0.39, 0.29) is 12.3 Å². The highest BCUT2D eigenvalue weighted by atomic mass is 16.5. The molecule has 0 amide bonds. The van der Waals surface area contributed by atoms with Gasteiger partial charge in [0, 0.05) is 17.3 Å². The predicted octanol–water partition coefficient (Wildman–Crippen LogP) is 5.68. The highest BCUT2D eigenvalue weighted by Gasteiger charge is 2.14. The molecule has 1 N–H and O–H groups in total. The summed E-state index contributed by atoms with van der Waals surface area (Å²) in [5.41, 5.74) is 5.97. The molecule has 0 aliphatic rings. The van der Waals surface area contributed by atoms with Crippen molar-refractivity contribution in [1.82, 2.24) is 14.6 Å². The summed E-state index contributed by atoms with van der Waals surface area (Å²) in [7, 11) is 0. The average molecular weight is 454 g/mol. The Morgan fingerprint density at radius 3 is 2.41 bits per heavy atom. The molecule has 0 aliphatic heterocycles. The van der Waals surface area contributed by atoms with Gasteiger partial charge in [0.2, 0.25) is 0 Å². The van der Waals surface area contributed by atoms with Gasteiger partial charge in [-0.2, -0.15) is 5.10 Å². The molecule has 4 rings (SSSR count). The van der Waals surface area contributed by atoms with Crippen LogP contribution in [0.1, 0.15) is 55.7 Å². The van der Waals surface area contributed by atoms with Gasteiger partial charge < -0.3 is 9.84 Å². The van der Waals surface area contributed by atoms with Gasteiger partial charge in [0.05, 0.1) is 12.3 Å². The minimum absolute atomic E-state index is 0.0309. The van der Waals surface area contributed by atoms with Gasteiger partial charge >= 0.3 is 5.97 Å². The van der Waals surface area contributed by atoms with Crippen molar-refractivity contribution in [2.75, 3.05) is 0 Å². The Morgan fingerprint density at radius 2 is 1.76 bits per heavy atom. The molecule has 2 heterocycles. The summed E-state index contributed by atoms with van der Waals surface area (Å²) in [6, 6.07) is 18.1. The fraction of sp³-hybridized carbons (Fsp3) is 0.250. The molecule has 0 spiro atoms. The second-order valence-corrected chi connectivity index (χ2v) is 8.46. The lowest BCUT2D eigenvalue weighted by Crippen LogP contribution is -2.05. The van der Waals surface area contributed by atoms with E-state index in [1.54, 1.807) is 11.4 Å². The summed E-state index contributed by atoms with van der Waals surface area (Å²) in [5.74, 6) is 5.74. The van der Waals surface area contributed by atoms with Gasteiger partial charge in [-0.3, -0.25) is 4.79 Å². The largest absolute Gasteiger partial charge is 0.489 e. The molecule has 172 valence electrons. The van der Waals surface area contributed by atoms with Crippen LogP contribution in [0, 0.1) is 11.8 Å². The number of aliphatic carboxylic acids is 1. The number of hydrogen-bond donors (Lipinski definition) is 1. The quantitative estimate of drug-likeness (QED) is 0.347. The van der Waals surface area contributed by atoms with Crippen molar-refractivity contribution >= 4 is 11.6 Å². The zero-order chi connectivity index (χ0) is 24.1. The zero-order valence-corrected chi connectivity index (χ0v) is 19.5. The molecular formula is C28H27N3O3. The molecule has 0 saturated heterocycles. The van der Waals surface area contributed by atoms with Gasteiger partial charge in [-0.15, -0.1) is 5.92 Å². The molecule has 0 saturated carbocycles. The van der Waals surface area contributed by atoms with E-state index in [0.717, 1.165) is 27.9 Å². The number of carboxylic acid groups (broad SMARTS) is 1. The van der Waals surface area contributed by atoms with Crippen molar-refractivity contribution in [1.29, 1.82) is 0 Å². The molecule has 0 aliphatic carbocycles. The third-order valence-electron chi connectivity index (χ3n) is 5.74. The lowest BCUT2D eigenvalue weighted by atomic mass is 9.96. The minimum Gasteiger partial charge on any atom is -0.489 e. The summed E-state index contributed by atoms with van der Waals surface area (Å²) >= 11 is 0. The molecule has 34 heavy (non-hydrogen) atoms. The predicted molar refractivity (Wildman–Crippen MR) is 132 cm³/mol. The Bertz CT molecular complexity index is 1340. The molecule has 0 unspecified atom stereocenters. The minimum atomic E-state index is -0.871. The lowest BCUT2D eigenvalue weighted by molar-refractivity contribution is -0.137. The Kier molecular flexibility index (Phi) is 6.93. The molecule has 4 aromatic rings. The summed E-state index contributed by atoms with van der Waals surface area (Å²) < 4.78 is 7.82. The summed E-state index contributed by atoms with van der Waals surface area (Å²) in [6.07, 6.45) is 3.48. The number of rotatable bonds is 8. The maximum atomic E-state index is 11.1. The van der Waals surface area contributed by atoms with Crippen LogP contribution in [0.25, 0.3) is 16.8 Å².